The Morgan fingerprint density at radius 3 is 2.27 bits per heavy atom. The van der Waals surface area contributed by atoms with Crippen LogP contribution in [-0.2, 0) is 11.0 Å². The third-order valence-electron chi connectivity index (χ3n) is 3.52. The minimum Gasteiger partial charge on any atom is -0.370 e. The summed E-state index contributed by atoms with van der Waals surface area (Å²) in [6.07, 6.45) is -1.73. The van der Waals surface area contributed by atoms with Crippen LogP contribution >= 0.6 is 0 Å². The zero-order valence-electron chi connectivity index (χ0n) is 12.0. The molecule has 0 bridgehead atoms. The number of anilines is 1. The van der Waals surface area contributed by atoms with Crippen LogP contribution in [0.1, 0.15) is 18.4 Å². The quantitative estimate of drug-likeness (QED) is 0.873. The molecular formula is C13H18F3N5O. The van der Waals surface area contributed by atoms with Crippen LogP contribution in [0.3, 0.4) is 0 Å². The molecule has 0 atom stereocenters. The zero-order chi connectivity index (χ0) is 16.2. The lowest BCUT2D eigenvalue weighted by atomic mass is 10.2. The van der Waals surface area contributed by atoms with Crippen molar-refractivity contribution in [1.82, 2.24) is 14.9 Å². The molecule has 2 heterocycles. The maximum Gasteiger partial charge on any atom is 0.419 e. The van der Waals surface area contributed by atoms with Gasteiger partial charge in [-0.15, -0.1) is 0 Å². The van der Waals surface area contributed by atoms with E-state index in [1.807, 2.05) is 4.90 Å². The molecule has 9 heteroatoms. The molecule has 1 amide bonds. The van der Waals surface area contributed by atoms with Crippen molar-refractivity contribution in [3.05, 3.63) is 18.0 Å². The number of hydrogen-bond donors (Lipinski definition) is 1. The van der Waals surface area contributed by atoms with Crippen LogP contribution in [0.15, 0.2) is 12.4 Å². The Morgan fingerprint density at radius 1 is 1.18 bits per heavy atom. The first kappa shape index (κ1) is 16.5. The number of carbonyl (C=O) groups is 1. The first-order valence-electron chi connectivity index (χ1n) is 7.01. The van der Waals surface area contributed by atoms with Gasteiger partial charge in [0.1, 0.15) is 0 Å². The Kier molecular flexibility index (Phi) is 5.17. The highest BCUT2D eigenvalue weighted by atomic mass is 19.4. The number of amides is 1. The van der Waals surface area contributed by atoms with E-state index in [0.717, 1.165) is 32.0 Å². The first-order valence-corrected chi connectivity index (χ1v) is 7.01. The first-order chi connectivity index (χ1) is 10.4. The van der Waals surface area contributed by atoms with Crippen molar-refractivity contribution in [2.24, 2.45) is 5.73 Å². The summed E-state index contributed by atoms with van der Waals surface area (Å²) >= 11 is 0. The van der Waals surface area contributed by atoms with Gasteiger partial charge in [-0.2, -0.15) is 13.2 Å². The van der Waals surface area contributed by atoms with E-state index in [-0.39, 0.29) is 5.91 Å². The van der Waals surface area contributed by atoms with Crippen molar-refractivity contribution >= 4 is 11.9 Å². The molecule has 1 aliphatic rings. The van der Waals surface area contributed by atoms with Crippen molar-refractivity contribution in [3.63, 3.8) is 0 Å². The molecule has 0 saturated carbocycles. The summed E-state index contributed by atoms with van der Waals surface area (Å²) in [5.74, 6) is 0.00146. The SMILES string of the molecule is NC(=O)CCCN1CCN(c2ncc(C(F)(F)F)cn2)CC1. The number of aromatic nitrogens is 2. The number of nitrogens with two attached hydrogens (primary N) is 1. The molecule has 1 saturated heterocycles. The highest BCUT2D eigenvalue weighted by Gasteiger charge is 2.31. The zero-order valence-corrected chi connectivity index (χ0v) is 12.0. The lowest BCUT2D eigenvalue weighted by Gasteiger charge is -2.34. The Hall–Kier alpha value is -1.90. The van der Waals surface area contributed by atoms with E-state index in [2.05, 4.69) is 14.9 Å². The van der Waals surface area contributed by atoms with Gasteiger partial charge in [-0.1, -0.05) is 0 Å². The van der Waals surface area contributed by atoms with Crippen LogP contribution in [-0.4, -0.2) is 53.5 Å². The average Bonchev–Trinajstić information content (AvgIpc) is 2.47. The molecule has 6 nitrogen and oxygen atoms in total. The molecule has 1 aliphatic heterocycles. The summed E-state index contributed by atoms with van der Waals surface area (Å²) in [5.41, 5.74) is 4.24. The Balaban J connectivity index is 1.82. The fourth-order valence-electron chi connectivity index (χ4n) is 2.28. The minimum absolute atomic E-state index is 0.309. The third-order valence-corrected chi connectivity index (χ3v) is 3.52. The second-order valence-electron chi connectivity index (χ2n) is 5.17. The third kappa shape index (κ3) is 4.55. The number of alkyl halides is 3. The molecule has 2 rings (SSSR count). The van der Waals surface area contributed by atoms with Gasteiger partial charge in [-0.3, -0.25) is 9.69 Å². The number of piperazine rings is 1. The predicted molar refractivity (Wildman–Crippen MR) is 74.1 cm³/mol. The second-order valence-corrected chi connectivity index (χ2v) is 5.17. The standard InChI is InChI=1S/C13H18F3N5O/c14-13(15,16)10-8-18-12(19-9-10)21-6-4-20(5-7-21)3-1-2-11(17)22/h8-9H,1-7H2,(H2,17,22). The van der Waals surface area contributed by atoms with Gasteiger partial charge >= 0.3 is 6.18 Å². The summed E-state index contributed by atoms with van der Waals surface area (Å²) in [6, 6.07) is 0. The van der Waals surface area contributed by atoms with E-state index in [1.165, 1.54) is 0 Å². The summed E-state index contributed by atoms with van der Waals surface area (Å²) in [5, 5.41) is 0. The van der Waals surface area contributed by atoms with E-state index >= 15 is 0 Å². The number of carbonyl (C=O) groups excluding carboxylic acids is 1. The van der Waals surface area contributed by atoms with Crippen molar-refractivity contribution in [3.8, 4) is 0 Å². The number of halogens is 3. The van der Waals surface area contributed by atoms with Gasteiger partial charge in [-0.25, -0.2) is 9.97 Å². The maximum atomic E-state index is 12.5. The lowest BCUT2D eigenvalue weighted by molar-refractivity contribution is -0.138. The molecule has 0 radical (unpaired) electrons. The fourth-order valence-corrected chi connectivity index (χ4v) is 2.28. The number of rotatable bonds is 5. The summed E-state index contributed by atoms with van der Waals surface area (Å²) in [4.78, 5) is 22.3. The molecule has 22 heavy (non-hydrogen) atoms. The van der Waals surface area contributed by atoms with Crippen molar-refractivity contribution < 1.29 is 18.0 Å². The monoisotopic (exact) mass is 317 g/mol. The molecule has 0 aromatic carbocycles. The van der Waals surface area contributed by atoms with Gasteiger partial charge in [0.25, 0.3) is 0 Å². The lowest BCUT2D eigenvalue weighted by Crippen LogP contribution is -2.47. The molecule has 1 fully saturated rings. The van der Waals surface area contributed by atoms with Crippen LogP contribution in [0.2, 0.25) is 0 Å². The van der Waals surface area contributed by atoms with E-state index in [0.29, 0.717) is 31.9 Å². The topological polar surface area (TPSA) is 75.4 Å². The largest absolute Gasteiger partial charge is 0.419 e. The molecule has 1 aromatic rings. The van der Waals surface area contributed by atoms with Gasteiger partial charge in [-0.05, 0) is 13.0 Å². The maximum absolute atomic E-state index is 12.5. The van der Waals surface area contributed by atoms with Crippen LogP contribution in [0.4, 0.5) is 19.1 Å². The summed E-state index contributed by atoms with van der Waals surface area (Å²) < 4.78 is 37.4. The van der Waals surface area contributed by atoms with Crippen LogP contribution in [0, 0.1) is 0 Å². The Labute approximate surface area is 126 Å². The molecule has 0 aliphatic carbocycles. The Morgan fingerprint density at radius 2 is 1.77 bits per heavy atom. The van der Waals surface area contributed by atoms with Crippen molar-refractivity contribution in [2.75, 3.05) is 37.6 Å². The smallest absolute Gasteiger partial charge is 0.370 e. The van der Waals surface area contributed by atoms with Crippen molar-refractivity contribution in [1.29, 1.82) is 0 Å². The van der Waals surface area contributed by atoms with Crippen LogP contribution < -0.4 is 10.6 Å². The summed E-state index contributed by atoms with van der Waals surface area (Å²) in [7, 11) is 0. The van der Waals surface area contributed by atoms with Gasteiger partial charge < -0.3 is 10.6 Å². The van der Waals surface area contributed by atoms with Crippen LogP contribution in [0.5, 0.6) is 0 Å². The van der Waals surface area contributed by atoms with Gasteiger partial charge in [0, 0.05) is 45.0 Å². The minimum atomic E-state index is -4.42. The fraction of sp³-hybridized carbons (Fsp3) is 0.615. The number of hydrogen-bond acceptors (Lipinski definition) is 5. The van der Waals surface area contributed by atoms with Gasteiger partial charge in [0.2, 0.25) is 11.9 Å². The molecule has 0 unspecified atom stereocenters. The highest BCUT2D eigenvalue weighted by molar-refractivity contribution is 5.73. The van der Waals surface area contributed by atoms with E-state index in [1.54, 1.807) is 0 Å². The molecule has 1 aromatic heterocycles. The van der Waals surface area contributed by atoms with Gasteiger partial charge in [0.05, 0.1) is 5.56 Å². The normalized spacial score (nSPS) is 16.8. The highest BCUT2D eigenvalue weighted by Crippen LogP contribution is 2.28. The van der Waals surface area contributed by atoms with Gasteiger partial charge in [0.15, 0.2) is 0 Å². The molecule has 0 spiro atoms. The second kappa shape index (κ2) is 6.91. The molecule has 2 N–H and O–H groups in total. The van der Waals surface area contributed by atoms with E-state index in [4.69, 9.17) is 5.73 Å². The van der Waals surface area contributed by atoms with Crippen molar-refractivity contribution in [2.45, 2.75) is 19.0 Å². The predicted octanol–water partition coefficient (Wildman–Crippen LogP) is 0.883. The van der Waals surface area contributed by atoms with E-state index < -0.39 is 11.7 Å². The van der Waals surface area contributed by atoms with E-state index in [9.17, 15) is 18.0 Å². The number of primary amides is 1. The summed E-state index contributed by atoms with van der Waals surface area (Å²) in [6.45, 7) is 3.57. The average molecular weight is 317 g/mol. The van der Waals surface area contributed by atoms with Crippen LogP contribution in [0.25, 0.3) is 0 Å². The Bertz CT molecular complexity index is 497. The molecule has 122 valence electrons. The number of nitrogens with zero attached hydrogens (tertiary/aromatic N) is 4. The molecular weight excluding hydrogens is 299 g/mol.